The van der Waals surface area contributed by atoms with Crippen molar-refractivity contribution in [1.29, 1.82) is 0 Å². The highest BCUT2D eigenvalue weighted by Gasteiger charge is 2.33. The zero-order chi connectivity index (χ0) is 19.7. The summed E-state index contributed by atoms with van der Waals surface area (Å²) in [6.07, 6.45) is -4.01. The van der Waals surface area contributed by atoms with Gasteiger partial charge in [-0.2, -0.15) is 13.2 Å². The number of rotatable bonds is 8. The van der Waals surface area contributed by atoms with Crippen LogP contribution in [0.1, 0.15) is 17.6 Å². The molecule has 148 valence electrons. The van der Waals surface area contributed by atoms with E-state index in [2.05, 4.69) is 25.5 Å². The fourth-order valence-corrected chi connectivity index (χ4v) is 3.11. The molecule has 1 aromatic heterocycles. The van der Waals surface area contributed by atoms with Crippen LogP contribution in [0.15, 0.2) is 40.7 Å². The van der Waals surface area contributed by atoms with Crippen LogP contribution in [0.25, 0.3) is 0 Å². The molecule has 2 aromatic rings. The molecule has 27 heavy (non-hydrogen) atoms. The number of aliphatic imine (C=N–C) groups is 1. The SMILES string of the molecule is CCNC(=NCCc1nc(C(F)(F)F)cs1)NCCN(C)c1ccccc1. The molecule has 0 unspecified atom stereocenters. The van der Waals surface area contributed by atoms with Crippen molar-refractivity contribution in [3.05, 3.63) is 46.4 Å². The molecule has 2 N–H and O–H groups in total. The predicted octanol–water partition coefficient (Wildman–Crippen LogP) is 3.40. The van der Waals surface area contributed by atoms with Gasteiger partial charge in [0.05, 0.1) is 5.01 Å². The lowest BCUT2D eigenvalue weighted by Crippen LogP contribution is -2.41. The van der Waals surface area contributed by atoms with Crippen LogP contribution in [-0.4, -0.2) is 44.2 Å². The number of thiazole rings is 1. The Morgan fingerprint density at radius 1 is 1.22 bits per heavy atom. The second-order valence-electron chi connectivity index (χ2n) is 5.82. The van der Waals surface area contributed by atoms with E-state index in [1.54, 1.807) is 0 Å². The van der Waals surface area contributed by atoms with E-state index in [1.165, 1.54) is 0 Å². The highest BCUT2D eigenvalue weighted by atomic mass is 32.1. The van der Waals surface area contributed by atoms with Gasteiger partial charge < -0.3 is 15.5 Å². The first kappa shape index (κ1) is 21.0. The van der Waals surface area contributed by atoms with E-state index in [4.69, 9.17) is 0 Å². The Kier molecular flexibility index (Phi) is 7.90. The Hall–Kier alpha value is -2.29. The summed E-state index contributed by atoms with van der Waals surface area (Å²) in [5, 5.41) is 7.85. The van der Waals surface area contributed by atoms with Gasteiger partial charge >= 0.3 is 6.18 Å². The van der Waals surface area contributed by atoms with Crippen molar-refractivity contribution in [2.45, 2.75) is 19.5 Å². The van der Waals surface area contributed by atoms with E-state index in [1.807, 2.05) is 44.3 Å². The predicted molar refractivity (Wildman–Crippen MR) is 105 cm³/mol. The quantitative estimate of drug-likeness (QED) is 0.528. The standard InChI is InChI=1S/C18H24F3N5S/c1-3-22-17(24-11-12-26(2)14-7-5-4-6-8-14)23-10-9-16-25-15(13-27-16)18(19,20)21/h4-8,13H,3,9-12H2,1-2H3,(H2,22,23,24). The fourth-order valence-electron chi connectivity index (χ4n) is 2.31. The first-order valence-electron chi connectivity index (χ1n) is 8.70. The molecule has 0 atom stereocenters. The van der Waals surface area contributed by atoms with Gasteiger partial charge in [0.25, 0.3) is 0 Å². The molecule has 0 aliphatic heterocycles. The average Bonchev–Trinajstić information content (AvgIpc) is 3.12. The highest BCUT2D eigenvalue weighted by molar-refractivity contribution is 7.09. The summed E-state index contributed by atoms with van der Waals surface area (Å²) in [6.45, 7) is 4.51. The third-order valence-corrected chi connectivity index (χ3v) is 4.63. The van der Waals surface area contributed by atoms with Gasteiger partial charge in [-0.05, 0) is 19.1 Å². The van der Waals surface area contributed by atoms with Gasteiger partial charge in [0.15, 0.2) is 11.7 Å². The second kappa shape index (κ2) is 10.1. The summed E-state index contributed by atoms with van der Waals surface area (Å²) in [5.41, 5.74) is 0.297. The molecule has 0 fully saturated rings. The summed E-state index contributed by atoms with van der Waals surface area (Å²) in [7, 11) is 2.02. The maximum atomic E-state index is 12.6. The summed E-state index contributed by atoms with van der Waals surface area (Å²) < 4.78 is 37.7. The van der Waals surface area contributed by atoms with Crippen LogP contribution in [0.5, 0.6) is 0 Å². The minimum Gasteiger partial charge on any atom is -0.373 e. The second-order valence-corrected chi connectivity index (χ2v) is 6.76. The number of guanidine groups is 1. The number of anilines is 1. The Balaban J connectivity index is 1.80. The fraction of sp³-hybridized carbons (Fsp3) is 0.444. The van der Waals surface area contributed by atoms with Gasteiger partial charge in [0.1, 0.15) is 0 Å². The normalized spacial score (nSPS) is 12.1. The lowest BCUT2D eigenvalue weighted by Gasteiger charge is -2.20. The zero-order valence-electron chi connectivity index (χ0n) is 15.4. The molecular weight excluding hydrogens is 375 g/mol. The maximum absolute atomic E-state index is 12.6. The molecule has 9 heteroatoms. The van der Waals surface area contributed by atoms with Crippen molar-refractivity contribution in [3.8, 4) is 0 Å². The number of para-hydroxylation sites is 1. The van der Waals surface area contributed by atoms with E-state index in [0.29, 0.717) is 37.0 Å². The molecule has 0 saturated heterocycles. The van der Waals surface area contributed by atoms with Crippen molar-refractivity contribution in [1.82, 2.24) is 15.6 Å². The van der Waals surface area contributed by atoms with Gasteiger partial charge in [-0.3, -0.25) is 4.99 Å². The van der Waals surface area contributed by atoms with Crippen LogP contribution in [0.2, 0.25) is 0 Å². The molecule has 0 spiro atoms. The smallest absolute Gasteiger partial charge is 0.373 e. The Labute approximate surface area is 161 Å². The monoisotopic (exact) mass is 399 g/mol. The van der Waals surface area contributed by atoms with Crippen LogP contribution in [-0.2, 0) is 12.6 Å². The van der Waals surface area contributed by atoms with Gasteiger partial charge in [0.2, 0.25) is 0 Å². The minimum absolute atomic E-state index is 0.370. The lowest BCUT2D eigenvalue weighted by molar-refractivity contribution is -0.140. The van der Waals surface area contributed by atoms with Gasteiger partial charge in [0, 0.05) is 50.7 Å². The molecule has 0 radical (unpaired) electrons. The number of nitrogens with zero attached hydrogens (tertiary/aromatic N) is 3. The van der Waals surface area contributed by atoms with E-state index >= 15 is 0 Å². The molecule has 0 amide bonds. The summed E-state index contributed by atoms with van der Waals surface area (Å²) in [5.74, 6) is 0.645. The van der Waals surface area contributed by atoms with Gasteiger partial charge in [-0.1, -0.05) is 18.2 Å². The molecule has 2 rings (SSSR count). The number of hydrogen-bond donors (Lipinski definition) is 2. The largest absolute Gasteiger partial charge is 0.434 e. The Bertz CT molecular complexity index is 715. The first-order chi connectivity index (χ1) is 12.9. The van der Waals surface area contributed by atoms with E-state index < -0.39 is 11.9 Å². The average molecular weight is 399 g/mol. The maximum Gasteiger partial charge on any atom is 0.434 e. The summed E-state index contributed by atoms with van der Waals surface area (Å²) in [4.78, 5) is 10.2. The van der Waals surface area contributed by atoms with E-state index in [-0.39, 0.29) is 0 Å². The Morgan fingerprint density at radius 3 is 2.59 bits per heavy atom. The number of hydrogen-bond acceptors (Lipinski definition) is 4. The topological polar surface area (TPSA) is 52.6 Å². The van der Waals surface area contributed by atoms with E-state index in [9.17, 15) is 13.2 Å². The van der Waals surface area contributed by atoms with Crippen molar-refractivity contribution in [2.24, 2.45) is 4.99 Å². The molecule has 1 aromatic carbocycles. The third kappa shape index (κ3) is 7.09. The third-order valence-electron chi connectivity index (χ3n) is 3.72. The molecular formula is C18H24F3N5S. The molecule has 0 saturated carbocycles. The van der Waals surface area contributed by atoms with Crippen molar-refractivity contribution in [3.63, 3.8) is 0 Å². The summed E-state index contributed by atoms with van der Waals surface area (Å²) in [6, 6.07) is 10.1. The highest BCUT2D eigenvalue weighted by Crippen LogP contribution is 2.30. The van der Waals surface area contributed by atoms with Crippen molar-refractivity contribution in [2.75, 3.05) is 38.1 Å². The first-order valence-corrected chi connectivity index (χ1v) is 9.58. The zero-order valence-corrected chi connectivity index (χ0v) is 16.2. The number of alkyl halides is 3. The number of aromatic nitrogens is 1. The van der Waals surface area contributed by atoms with Crippen LogP contribution >= 0.6 is 11.3 Å². The molecule has 1 heterocycles. The van der Waals surface area contributed by atoms with Crippen LogP contribution in [0.4, 0.5) is 18.9 Å². The minimum atomic E-state index is -4.39. The summed E-state index contributed by atoms with van der Waals surface area (Å²) >= 11 is 1.01. The lowest BCUT2D eigenvalue weighted by atomic mass is 10.3. The van der Waals surface area contributed by atoms with Crippen LogP contribution in [0, 0.1) is 0 Å². The molecule has 5 nitrogen and oxygen atoms in total. The molecule has 0 bridgehead atoms. The van der Waals surface area contributed by atoms with Gasteiger partial charge in [-0.15, -0.1) is 11.3 Å². The van der Waals surface area contributed by atoms with E-state index in [0.717, 1.165) is 28.9 Å². The number of halogens is 3. The van der Waals surface area contributed by atoms with Crippen molar-refractivity contribution < 1.29 is 13.2 Å². The van der Waals surface area contributed by atoms with Crippen LogP contribution < -0.4 is 15.5 Å². The number of likely N-dealkylation sites (N-methyl/N-ethyl adjacent to an activating group) is 1. The molecule has 0 aliphatic rings. The molecule has 0 aliphatic carbocycles. The van der Waals surface area contributed by atoms with Crippen LogP contribution in [0.3, 0.4) is 0 Å². The Morgan fingerprint density at radius 2 is 1.96 bits per heavy atom. The number of benzene rings is 1. The van der Waals surface area contributed by atoms with Gasteiger partial charge in [-0.25, -0.2) is 4.98 Å². The number of nitrogens with one attached hydrogen (secondary N) is 2. The van der Waals surface area contributed by atoms with Crippen molar-refractivity contribution >= 4 is 23.0 Å².